The van der Waals surface area contributed by atoms with Gasteiger partial charge in [0.1, 0.15) is 5.82 Å². The number of rotatable bonds is 6. The van der Waals surface area contributed by atoms with E-state index in [9.17, 15) is 0 Å². The molecule has 1 N–H and O–H groups in total. The molecule has 1 aromatic heterocycles. The summed E-state index contributed by atoms with van der Waals surface area (Å²) in [5.74, 6) is 1.47. The Labute approximate surface area is 107 Å². The molecule has 1 heterocycles. The lowest BCUT2D eigenvalue weighted by molar-refractivity contribution is 0.166. The third-order valence-corrected chi connectivity index (χ3v) is 3.90. The number of H-pyrrole nitrogens is 1. The van der Waals surface area contributed by atoms with E-state index in [0.717, 1.165) is 30.2 Å². The Morgan fingerprint density at radius 1 is 1.53 bits per heavy atom. The molecule has 1 fully saturated rings. The van der Waals surface area contributed by atoms with E-state index >= 15 is 0 Å². The van der Waals surface area contributed by atoms with Crippen molar-refractivity contribution < 1.29 is 4.74 Å². The van der Waals surface area contributed by atoms with Gasteiger partial charge in [0.05, 0.1) is 0 Å². The second-order valence-corrected chi connectivity index (χ2v) is 5.76. The van der Waals surface area contributed by atoms with Gasteiger partial charge >= 0.3 is 0 Å². The third kappa shape index (κ3) is 2.77. The number of nitrogens with one attached hydrogen (secondary N) is 1. The molecule has 0 bridgehead atoms. The first-order valence-electron chi connectivity index (χ1n) is 6.22. The number of aromatic nitrogens is 3. The lowest BCUT2D eigenvalue weighted by atomic mass is 10.0. The number of ether oxygens (including phenoxy) is 1. The van der Waals surface area contributed by atoms with E-state index < -0.39 is 0 Å². The summed E-state index contributed by atoms with van der Waals surface area (Å²) in [5.41, 5.74) is 0.405. The fraction of sp³-hybridized carbons (Fsp3) is 0.833. The van der Waals surface area contributed by atoms with Crippen molar-refractivity contribution in [2.75, 3.05) is 13.7 Å². The van der Waals surface area contributed by atoms with Crippen molar-refractivity contribution in [3.63, 3.8) is 0 Å². The van der Waals surface area contributed by atoms with Crippen LogP contribution in [0, 0.1) is 10.2 Å². The predicted molar refractivity (Wildman–Crippen MR) is 69.7 cm³/mol. The highest BCUT2D eigenvalue weighted by atomic mass is 32.1. The van der Waals surface area contributed by atoms with Crippen LogP contribution in [-0.2, 0) is 11.3 Å². The summed E-state index contributed by atoms with van der Waals surface area (Å²) in [7, 11) is 1.76. The molecule has 4 nitrogen and oxygen atoms in total. The van der Waals surface area contributed by atoms with Gasteiger partial charge in [-0.2, -0.15) is 5.10 Å². The zero-order valence-electron chi connectivity index (χ0n) is 10.8. The molecule has 0 aliphatic heterocycles. The van der Waals surface area contributed by atoms with Crippen LogP contribution in [0.25, 0.3) is 0 Å². The van der Waals surface area contributed by atoms with E-state index in [0.29, 0.717) is 11.3 Å². The molecule has 17 heavy (non-hydrogen) atoms. The average molecular weight is 255 g/mol. The molecule has 1 aromatic rings. The summed E-state index contributed by atoms with van der Waals surface area (Å²) in [4.78, 5) is 0. The first-order valence-corrected chi connectivity index (χ1v) is 6.63. The fourth-order valence-corrected chi connectivity index (χ4v) is 2.45. The molecule has 0 saturated heterocycles. The minimum Gasteiger partial charge on any atom is -0.385 e. The molecular weight excluding hydrogens is 234 g/mol. The van der Waals surface area contributed by atoms with Gasteiger partial charge in [-0.15, -0.1) is 0 Å². The van der Waals surface area contributed by atoms with Gasteiger partial charge in [0.25, 0.3) is 0 Å². The highest BCUT2D eigenvalue weighted by molar-refractivity contribution is 7.71. The Morgan fingerprint density at radius 2 is 2.24 bits per heavy atom. The quantitative estimate of drug-likeness (QED) is 0.795. The van der Waals surface area contributed by atoms with E-state index in [1.807, 2.05) is 0 Å². The van der Waals surface area contributed by atoms with E-state index in [4.69, 9.17) is 17.0 Å². The molecule has 0 amide bonds. The predicted octanol–water partition coefficient (Wildman–Crippen LogP) is 2.88. The summed E-state index contributed by atoms with van der Waals surface area (Å²) in [6.07, 6.45) is 3.68. The van der Waals surface area contributed by atoms with Crippen LogP contribution >= 0.6 is 12.2 Å². The van der Waals surface area contributed by atoms with Crippen LogP contribution in [0.4, 0.5) is 0 Å². The zero-order chi connectivity index (χ0) is 12.5. The Balaban J connectivity index is 2.13. The number of aromatic amines is 1. The molecule has 0 unspecified atom stereocenters. The molecule has 1 aliphatic carbocycles. The van der Waals surface area contributed by atoms with E-state index in [1.54, 1.807) is 7.11 Å². The monoisotopic (exact) mass is 255 g/mol. The van der Waals surface area contributed by atoms with Crippen LogP contribution in [0.5, 0.6) is 0 Å². The number of hydrogen-bond acceptors (Lipinski definition) is 3. The van der Waals surface area contributed by atoms with E-state index in [1.165, 1.54) is 12.8 Å². The van der Waals surface area contributed by atoms with Crippen molar-refractivity contribution in [2.45, 2.75) is 45.6 Å². The van der Waals surface area contributed by atoms with Crippen LogP contribution in [0.15, 0.2) is 0 Å². The van der Waals surface area contributed by atoms with Gasteiger partial charge in [-0.25, -0.2) is 0 Å². The molecule has 0 spiro atoms. The fourth-order valence-electron chi connectivity index (χ4n) is 2.24. The van der Waals surface area contributed by atoms with Gasteiger partial charge in [0.15, 0.2) is 4.77 Å². The van der Waals surface area contributed by atoms with Crippen molar-refractivity contribution >= 4 is 12.2 Å². The van der Waals surface area contributed by atoms with Crippen LogP contribution in [-0.4, -0.2) is 28.5 Å². The normalized spacial score (nSPS) is 17.6. The van der Waals surface area contributed by atoms with Gasteiger partial charge in [0, 0.05) is 26.2 Å². The smallest absolute Gasteiger partial charge is 0.195 e. The zero-order valence-corrected chi connectivity index (χ0v) is 11.6. The molecule has 0 radical (unpaired) electrons. The van der Waals surface area contributed by atoms with Crippen LogP contribution in [0.3, 0.4) is 0 Å². The van der Waals surface area contributed by atoms with E-state index in [2.05, 4.69) is 28.6 Å². The maximum Gasteiger partial charge on any atom is 0.195 e. The second-order valence-electron chi connectivity index (χ2n) is 5.37. The highest BCUT2D eigenvalue weighted by Gasteiger charge is 2.42. The maximum absolute atomic E-state index is 5.31. The van der Waals surface area contributed by atoms with Crippen molar-refractivity contribution in [2.24, 2.45) is 5.41 Å². The maximum atomic E-state index is 5.31. The first-order chi connectivity index (χ1) is 8.08. The van der Waals surface area contributed by atoms with Gasteiger partial charge in [-0.1, -0.05) is 13.8 Å². The summed E-state index contributed by atoms with van der Waals surface area (Å²) in [6.45, 7) is 6.12. The van der Waals surface area contributed by atoms with E-state index in [-0.39, 0.29) is 0 Å². The van der Waals surface area contributed by atoms with Gasteiger partial charge in [-0.3, -0.25) is 5.10 Å². The van der Waals surface area contributed by atoms with Crippen LogP contribution in [0.2, 0.25) is 0 Å². The standard InChI is InChI=1S/C12H21N3OS/c1-9(2)10-13-14-11(17)15(10)8-12(4-5-12)6-7-16-3/h9H,4-8H2,1-3H3,(H,14,17). The van der Waals surface area contributed by atoms with Gasteiger partial charge < -0.3 is 9.30 Å². The molecule has 0 aromatic carbocycles. The Kier molecular flexibility index (Phi) is 3.68. The SMILES string of the molecule is COCCC1(Cn2c(C(C)C)n[nH]c2=S)CC1. The summed E-state index contributed by atoms with van der Waals surface area (Å²) in [5, 5.41) is 7.23. The lowest BCUT2D eigenvalue weighted by Gasteiger charge is -2.17. The molecular formula is C12H21N3OS. The molecule has 1 aliphatic rings. The van der Waals surface area contributed by atoms with Gasteiger partial charge in [-0.05, 0) is 36.9 Å². The second kappa shape index (κ2) is 4.90. The molecule has 0 atom stereocenters. The number of hydrogen-bond donors (Lipinski definition) is 1. The summed E-state index contributed by atoms with van der Waals surface area (Å²) in [6, 6.07) is 0. The number of nitrogens with zero attached hydrogens (tertiary/aromatic N) is 2. The molecule has 96 valence electrons. The highest BCUT2D eigenvalue weighted by Crippen LogP contribution is 2.50. The minimum absolute atomic E-state index is 0.404. The molecule has 5 heteroatoms. The van der Waals surface area contributed by atoms with Crippen molar-refractivity contribution in [3.05, 3.63) is 10.6 Å². The van der Waals surface area contributed by atoms with Crippen LogP contribution < -0.4 is 0 Å². The largest absolute Gasteiger partial charge is 0.385 e. The Hall–Kier alpha value is -0.680. The third-order valence-electron chi connectivity index (χ3n) is 3.59. The lowest BCUT2D eigenvalue weighted by Crippen LogP contribution is -2.16. The minimum atomic E-state index is 0.404. The first kappa shape index (κ1) is 12.8. The molecule has 2 rings (SSSR count). The summed E-state index contributed by atoms with van der Waals surface area (Å²) < 4.78 is 8.10. The summed E-state index contributed by atoms with van der Waals surface area (Å²) >= 11 is 5.31. The Morgan fingerprint density at radius 3 is 2.76 bits per heavy atom. The Bertz CT molecular complexity index is 431. The topological polar surface area (TPSA) is 42.8 Å². The van der Waals surface area contributed by atoms with Crippen molar-refractivity contribution in [1.82, 2.24) is 14.8 Å². The van der Waals surface area contributed by atoms with Gasteiger partial charge in [0.2, 0.25) is 0 Å². The van der Waals surface area contributed by atoms with Crippen LogP contribution in [0.1, 0.15) is 44.9 Å². The van der Waals surface area contributed by atoms with Crippen molar-refractivity contribution in [3.8, 4) is 0 Å². The average Bonchev–Trinajstić information content (AvgIpc) is 2.96. The molecule has 1 saturated carbocycles. The number of methoxy groups -OCH3 is 1. The van der Waals surface area contributed by atoms with Crippen molar-refractivity contribution in [1.29, 1.82) is 0 Å².